The van der Waals surface area contributed by atoms with E-state index in [-0.39, 0.29) is 17.4 Å². The Hall–Kier alpha value is -1.84. The molecule has 2 aliphatic rings. The van der Waals surface area contributed by atoms with Crippen molar-refractivity contribution in [1.82, 2.24) is 10.2 Å². The van der Waals surface area contributed by atoms with Gasteiger partial charge in [0.15, 0.2) is 0 Å². The molecule has 0 radical (unpaired) electrons. The number of rotatable bonds is 3. The van der Waals surface area contributed by atoms with Gasteiger partial charge in [-0.1, -0.05) is 30.3 Å². The van der Waals surface area contributed by atoms with Crippen LogP contribution in [-0.2, 0) is 15.1 Å². The van der Waals surface area contributed by atoms with Crippen LogP contribution in [-0.4, -0.2) is 29.8 Å². The third-order valence-electron chi connectivity index (χ3n) is 4.60. The number of nitrogens with one attached hydrogen (secondary N) is 1. The number of carbonyl (C=O) groups excluding carboxylic acids is 2. The van der Waals surface area contributed by atoms with Crippen LogP contribution in [0.15, 0.2) is 30.3 Å². The first kappa shape index (κ1) is 14.1. The predicted molar refractivity (Wildman–Crippen MR) is 80.5 cm³/mol. The van der Waals surface area contributed by atoms with Crippen molar-refractivity contribution in [3.63, 3.8) is 0 Å². The molecule has 1 saturated carbocycles. The highest BCUT2D eigenvalue weighted by Crippen LogP contribution is 2.36. The lowest BCUT2D eigenvalue weighted by molar-refractivity contribution is -0.134. The Balaban J connectivity index is 1.76. The molecular weight excluding hydrogens is 264 g/mol. The van der Waals surface area contributed by atoms with E-state index >= 15 is 0 Å². The summed E-state index contributed by atoms with van der Waals surface area (Å²) in [4.78, 5) is 25.8. The van der Waals surface area contributed by atoms with Gasteiger partial charge in [0.1, 0.15) is 0 Å². The molecular formula is C17H22N2O2. The maximum Gasteiger partial charge on any atom is 0.225 e. The molecule has 1 aromatic carbocycles. The van der Waals surface area contributed by atoms with Crippen LogP contribution in [0.5, 0.6) is 0 Å². The molecule has 1 heterocycles. The van der Waals surface area contributed by atoms with Gasteiger partial charge in [-0.05, 0) is 31.2 Å². The molecule has 0 atom stereocenters. The van der Waals surface area contributed by atoms with E-state index in [1.54, 1.807) is 6.92 Å². The summed E-state index contributed by atoms with van der Waals surface area (Å²) in [5.41, 5.74) is 0.812. The molecule has 0 aromatic heterocycles. The zero-order chi connectivity index (χ0) is 14.9. The first-order valence-electron chi connectivity index (χ1n) is 7.74. The predicted octanol–water partition coefficient (Wildman–Crippen LogP) is 2.05. The molecule has 0 unspecified atom stereocenters. The van der Waals surface area contributed by atoms with Gasteiger partial charge in [0.25, 0.3) is 0 Å². The first-order chi connectivity index (χ1) is 10.1. The smallest absolute Gasteiger partial charge is 0.225 e. The van der Waals surface area contributed by atoms with Gasteiger partial charge in [0.2, 0.25) is 11.8 Å². The topological polar surface area (TPSA) is 49.4 Å². The highest BCUT2D eigenvalue weighted by Gasteiger charge is 2.41. The Morgan fingerprint density at radius 1 is 1.14 bits per heavy atom. The van der Waals surface area contributed by atoms with E-state index in [1.807, 2.05) is 23.1 Å². The number of benzene rings is 1. The number of piperidine rings is 1. The molecule has 3 rings (SSSR count). The lowest BCUT2D eigenvalue weighted by Crippen LogP contribution is -2.53. The third kappa shape index (κ3) is 2.94. The monoisotopic (exact) mass is 286 g/mol. The highest BCUT2D eigenvalue weighted by atomic mass is 16.2. The van der Waals surface area contributed by atoms with Crippen molar-refractivity contribution in [2.45, 2.75) is 38.1 Å². The summed E-state index contributed by atoms with van der Waals surface area (Å²) < 4.78 is 0. The van der Waals surface area contributed by atoms with E-state index in [4.69, 9.17) is 0 Å². The van der Waals surface area contributed by atoms with Crippen molar-refractivity contribution < 1.29 is 9.59 Å². The summed E-state index contributed by atoms with van der Waals surface area (Å²) in [7, 11) is 0. The van der Waals surface area contributed by atoms with Gasteiger partial charge in [-0.25, -0.2) is 0 Å². The largest absolute Gasteiger partial charge is 0.347 e. The van der Waals surface area contributed by atoms with Crippen LogP contribution in [0.25, 0.3) is 0 Å². The maximum atomic E-state index is 12.2. The van der Waals surface area contributed by atoms with E-state index in [0.717, 1.165) is 44.3 Å². The zero-order valence-electron chi connectivity index (χ0n) is 12.5. The minimum atomic E-state index is -0.326. The minimum absolute atomic E-state index is 0.0131. The second kappa shape index (κ2) is 5.51. The van der Waals surface area contributed by atoms with Gasteiger partial charge in [-0.2, -0.15) is 0 Å². The number of likely N-dealkylation sites (tertiary alicyclic amines) is 1. The van der Waals surface area contributed by atoms with E-state index in [9.17, 15) is 9.59 Å². The third-order valence-corrected chi connectivity index (χ3v) is 4.60. The van der Waals surface area contributed by atoms with Crippen molar-refractivity contribution in [3.8, 4) is 0 Å². The van der Waals surface area contributed by atoms with Gasteiger partial charge in [0.05, 0.1) is 5.54 Å². The minimum Gasteiger partial charge on any atom is -0.347 e. The normalized spacial score (nSPS) is 20.9. The molecule has 21 heavy (non-hydrogen) atoms. The van der Waals surface area contributed by atoms with Crippen LogP contribution in [0.2, 0.25) is 0 Å². The van der Waals surface area contributed by atoms with Crippen molar-refractivity contribution >= 4 is 11.8 Å². The summed E-state index contributed by atoms with van der Waals surface area (Å²) in [5.74, 6) is 0.565. The molecule has 1 saturated heterocycles. The summed E-state index contributed by atoms with van der Waals surface area (Å²) in [5, 5.41) is 3.14. The summed E-state index contributed by atoms with van der Waals surface area (Å²) in [6.45, 7) is 3.02. The molecule has 0 spiro atoms. The number of nitrogens with zero attached hydrogens (tertiary/aromatic N) is 1. The maximum absolute atomic E-state index is 12.2. The van der Waals surface area contributed by atoms with Gasteiger partial charge < -0.3 is 10.2 Å². The molecule has 1 N–H and O–H groups in total. The molecule has 2 amide bonds. The molecule has 0 bridgehead atoms. The van der Waals surface area contributed by atoms with Crippen molar-refractivity contribution in [3.05, 3.63) is 35.9 Å². The Bertz CT molecular complexity index is 529. The molecule has 2 fully saturated rings. The van der Waals surface area contributed by atoms with E-state index in [2.05, 4.69) is 17.4 Å². The van der Waals surface area contributed by atoms with Crippen LogP contribution in [0.3, 0.4) is 0 Å². The van der Waals surface area contributed by atoms with Crippen LogP contribution >= 0.6 is 0 Å². The number of hydrogen-bond donors (Lipinski definition) is 1. The van der Waals surface area contributed by atoms with Crippen molar-refractivity contribution in [2.24, 2.45) is 5.92 Å². The Morgan fingerprint density at radius 2 is 1.76 bits per heavy atom. The Labute approximate surface area is 125 Å². The Morgan fingerprint density at radius 3 is 2.29 bits per heavy atom. The second-order valence-corrected chi connectivity index (χ2v) is 6.23. The van der Waals surface area contributed by atoms with E-state index in [0.29, 0.717) is 5.91 Å². The fourth-order valence-electron chi connectivity index (χ4n) is 3.28. The van der Waals surface area contributed by atoms with E-state index < -0.39 is 0 Å². The average molecular weight is 286 g/mol. The quantitative estimate of drug-likeness (QED) is 0.924. The van der Waals surface area contributed by atoms with Gasteiger partial charge in [-0.15, -0.1) is 0 Å². The average Bonchev–Trinajstić information content (AvgIpc) is 3.32. The lowest BCUT2D eigenvalue weighted by atomic mass is 9.80. The van der Waals surface area contributed by atoms with Gasteiger partial charge in [0, 0.05) is 25.9 Å². The van der Waals surface area contributed by atoms with Crippen molar-refractivity contribution in [2.75, 3.05) is 13.1 Å². The van der Waals surface area contributed by atoms with Gasteiger partial charge >= 0.3 is 0 Å². The van der Waals surface area contributed by atoms with Crippen LogP contribution in [0.1, 0.15) is 38.2 Å². The summed E-state index contributed by atoms with van der Waals surface area (Å²) in [6.07, 6.45) is 3.67. The molecule has 1 aliphatic heterocycles. The SMILES string of the molecule is CC(=O)NC1(c2ccccc2)CCN(C(=O)C2CC2)CC1. The summed E-state index contributed by atoms with van der Waals surface area (Å²) >= 11 is 0. The number of hydrogen-bond acceptors (Lipinski definition) is 2. The molecule has 112 valence electrons. The standard InChI is InChI=1S/C17H22N2O2/c1-13(20)18-17(15-5-3-2-4-6-15)9-11-19(12-10-17)16(21)14-7-8-14/h2-6,14H,7-12H2,1H3,(H,18,20). The Kier molecular flexibility index (Phi) is 3.70. The lowest BCUT2D eigenvalue weighted by Gasteiger charge is -2.42. The molecule has 1 aromatic rings. The van der Waals surface area contributed by atoms with Crippen LogP contribution in [0.4, 0.5) is 0 Å². The second-order valence-electron chi connectivity index (χ2n) is 6.23. The number of amides is 2. The highest BCUT2D eigenvalue weighted by molar-refractivity contribution is 5.81. The fraction of sp³-hybridized carbons (Fsp3) is 0.529. The van der Waals surface area contributed by atoms with Crippen molar-refractivity contribution in [1.29, 1.82) is 0 Å². The zero-order valence-corrected chi connectivity index (χ0v) is 12.5. The first-order valence-corrected chi connectivity index (χ1v) is 7.74. The molecule has 1 aliphatic carbocycles. The molecule has 4 nitrogen and oxygen atoms in total. The van der Waals surface area contributed by atoms with Crippen LogP contribution in [0, 0.1) is 5.92 Å². The van der Waals surface area contributed by atoms with E-state index in [1.165, 1.54) is 0 Å². The van der Waals surface area contributed by atoms with Crippen LogP contribution < -0.4 is 5.32 Å². The summed E-state index contributed by atoms with van der Waals surface area (Å²) in [6, 6.07) is 10.1. The number of carbonyl (C=O) groups is 2. The van der Waals surface area contributed by atoms with Gasteiger partial charge in [-0.3, -0.25) is 9.59 Å². The fourth-order valence-corrected chi connectivity index (χ4v) is 3.28. The molecule has 4 heteroatoms.